The minimum absolute atomic E-state index is 0.155. The molecule has 1 aliphatic rings. The zero-order valence-corrected chi connectivity index (χ0v) is 13.3. The number of benzene rings is 2. The fraction of sp³-hybridized carbons (Fsp3) is 0.235. The average Bonchev–Trinajstić information content (AvgIpc) is 2.91. The molecule has 0 unspecified atom stereocenters. The SMILES string of the molecule is O=c1[nH]c2ccc(Cl)cc2n1-c1ccc(N2CCNCC2)cc1. The van der Waals surface area contributed by atoms with Crippen molar-refractivity contribution < 1.29 is 0 Å². The molecule has 1 aromatic heterocycles. The first-order valence-electron chi connectivity index (χ1n) is 7.69. The second-order valence-electron chi connectivity index (χ2n) is 5.68. The summed E-state index contributed by atoms with van der Waals surface area (Å²) in [6.07, 6.45) is 0. The lowest BCUT2D eigenvalue weighted by Gasteiger charge is -2.29. The van der Waals surface area contributed by atoms with Crippen molar-refractivity contribution in [2.24, 2.45) is 0 Å². The molecule has 3 aromatic rings. The third-order valence-corrected chi connectivity index (χ3v) is 4.47. The number of aromatic amines is 1. The maximum absolute atomic E-state index is 12.3. The van der Waals surface area contributed by atoms with E-state index in [9.17, 15) is 4.79 Å². The van der Waals surface area contributed by atoms with Gasteiger partial charge in [0.1, 0.15) is 0 Å². The molecule has 0 saturated carbocycles. The van der Waals surface area contributed by atoms with E-state index in [0.29, 0.717) is 5.02 Å². The molecule has 5 nitrogen and oxygen atoms in total. The minimum Gasteiger partial charge on any atom is -0.369 e. The number of H-pyrrole nitrogens is 1. The fourth-order valence-electron chi connectivity index (χ4n) is 3.07. The van der Waals surface area contributed by atoms with E-state index in [2.05, 4.69) is 27.3 Å². The van der Waals surface area contributed by atoms with E-state index < -0.39 is 0 Å². The lowest BCUT2D eigenvalue weighted by Crippen LogP contribution is -2.43. The van der Waals surface area contributed by atoms with Crippen molar-refractivity contribution in [1.29, 1.82) is 0 Å². The maximum Gasteiger partial charge on any atom is 0.331 e. The van der Waals surface area contributed by atoms with Crippen molar-refractivity contribution in [1.82, 2.24) is 14.9 Å². The topological polar surface area (TPSA) is 53.1 Å². The van der Waals surface area contributed by atoms with Gasteiger partial charge in [0, 0.05) is 36.9 Å². The van der Waals surface area contributed by atoms with Gasteiger partial charge < -0.3 is 15.2 Å². The Morgan fingerprint density at radius 1 is 0.957 bits per heavy atom. The van der Waals surface area contributed by atoms with Gasteiger partial charge in [-0.15, -0.1) is 0 Å². The molecule has 4 rings (SSSR count). The third-order valence-electron chi connectivity index (χ3n) is 4.24. The number of halogens is 1. The summed E-state index contributed by atoms with van der Waals surface area (Å²) in [5.74, 6) is 0. The first kappa shape index (κ1) is 14.4. The van der Waals surface area contributed by atoms with E-state index in [1.165, 1.54) is 5.69 Å². The van der Waals surface area contributed by atoms with Gasteiger partial charge in [-0.1, -0.05) is 11.6 Å². The number of hydrogen-bond donors (Lipinski definition) is 2. The van der Waals surface area contributed by atoms with Gasteiger partial charge >= 0.3 is 5.69 Å². The first-order valence-corrected chi connectivity index (χ1v) is 8.06. The van der Waals surface area contributed by atoms with E-state index >= 15 is 0 Å². The highest BCUT2D eigenvalue weighted by Crippen LogP contribution is 2.22. The molecule has 0 aliphatic carbocycles. The number of piperazine rings is 1. The van der Waals surface area contributed by atoms with Gasteiger partial charge in [-0.3, -0.25) is 4.57 Å². The highest BCUT2D eigenvalue weighted by molar-refractivity contribution is 6.31. The Kier molecular flexibility index (Phi) is 3.59. The van der Waals surface area contributed by atoms with Gasteiger partial charge in [-0.25, -0.2) is 4.79 Å². The van der Waals surface area contributed by atoms with E-state index in [1.807, 2.05) is 18.2 Å². The van der Waals surface area contributed by atoms with Gasteiger partial charge in [0.15, 0.2) is 0 Å². The first-order chi connectivity index (χ1) is 11.2. The number of nitrogens with one attached hydrogen (secondary N) is 2. The smallest absolute Gasteiger partial charge is 0.331 e. The Morgan fingerprint density at radius 3 is 2.39 bits per heavy atom. The lowest BCUT2D eigenvalue weighted by atomic mass is 10.2. The van der Waals surface area contributed by atoms with Crippen LogP contribution in [0, 0.1) is 0 Å². The summed E-state index contributed by atoms with van der Waals surface area (Å²) >= 11 is 6.07. The van der Waals surface area contributed by atoms with Gasteiger partial charge in [-0.2, -0.15) is 0 Å². The van der Waals surface area contributed by atoms with Crippen LogP contribution in [0.3, 0.4) is 0 Å². The summed E-state index contributed by atoms with van der Waals surface area (Å²) in [4.78, 5) is 17.5. The van der Waals surface area contributed by atoms with Crippen LogP contribution in [0.15, 0.2) is 47.3 Å². The predicted molar refractivity (Wildman–Crippen MR) is 94.0 cm³/mol. The van der Waals surface area contributed by atoms with E-state index in [1.54, 1.807) is 16.7 Å². The van der Waals surface area contributed by atoms with Crippen LogP contribution in [0.5, 0.6) is 0 Å². The molecule has 0 amide bonds. The number of nitrogens with zero attached hydrogens (tertiary/aromatic N) is 2. The standard InChI is InChI=1S/C17H17ClN4O/c18-12-1-6-15-16(11-12)22(17(23)20-15)14-4-2-13(3-5-14)21-9-7-19-8-10-21/h1-6,11,19H,7-10H2,(H,20,23). The number of aromatic nitrogens is 2. The molecule has 0 spiro atoms. The van der Waals surface area contributed by atoms with Crippen LogP contribution in [0.4, 0.5) is 5.69 Å². The Hall–Kier alpha value is -2.24. The molecule has 23 heavy (non-hydrogen) atoms. The van der Waals surface area contributed by atoms with Crippen LogP contribution in [0.1, 0.15) is 0 Å². The Morgan fingerprint density at radius 2 is 1.65 bits per heavy atom. The van der Waals surface area contributed by atoms with Crippen LogP contribution in [-0.4, -0.2) is 35.7 Å². The molecule has 2 N–H and O–H groups in total. The highest BCUT2D eigenvalue weighted by Gasteiger charge is 2.12. The molecule has 1 saturated heterocycles. The second-order valence-corrected chi connectivity index (χ2v) is 6.12. The van der Waals surface area contributed by atoms with E-state index in [-0.39, 0.29) is 5.69 Å². The maximum atomic E-state index is 12.3. The van der Waals surface area contributed by atoms with Crippen molar-refractivity contribution in [3.8, 4) is 5.69 Å². The molecule has 0 radical (unpaired) electrons. The van der Waals surface area contributed by atoms with Crippen molar-refractivity contribution in [2.75, 3.05) is 31.1 Å². The molecule has 0 bridgehead atoms. The van der Waals surface area contributed by atoms with Crippen LogP contribution in [0.2, 0.25) is 5.02 Å². The number of rotatable bonds is 2. The fourth-order valence-corrected chi connectivity index (χ4v) is 3.23. The molecule has 2 heterocycles. The summed E-state index contributed by atoms with van der Waals surface area (Å²) in [6, 6.07) is 13.5. The zero-order chi connectivity index (χ0) is 15.8. The van der Waals surface area contributed by atoms with Crippen molar-refractivity contribution in [3.63, 3.8) is 0 Å². The molecule has 1 aliphatic heterocycles. The molecular weight excluding hydrogens is 312 g/mol. The van der Waals surface area contributed by atoms with Gasteiger partial charge in [0.25, 0.3) is 0 Å². The van der Waals surface area contributed by atoms with Crippen LogP contribution >= 0.6 is 11.6 Å². The monoisotopic (exact) mass is 328 g/mol. The molecule has 1 fully saturated rings. The number of hydrogen-bond acceptors (Lipinski definition) is 3. The van der Waals surface area contributed by atoms with Crippen LogP contribution < -0.4 is 15.9 Å². The van der Waals surface area contributed by atoms with E-state index in [4.69, 9.17) is 11.6 Å². The van der Waals surface area contributed by atoms with Crippen LogP contribution in [0.25, 0.3) is 16.7 Å². The van der Waals surface area contributed by atoms with E-state index in [0.717, 1.165) is 42.9 Å². The quantitative estimate of drug-likeness (QED) is 0.759. The number of fused-ring (bicyclic) bond motifs is 1. The third kappa shape index (κ3) is 2.62. The van der Waals surface area contributed by atoms with Crippen molar-refractivity contribution in [3.05, 3.63) is 58.0 Å². The summed E-state index contributed by atoms with van der Waals surface area (Å²) in [7, 11) is 0. The Labute approximate surface area is 138 Å². The van der Waals surface area contributed by atoms with Crippen LogP contribution in [-0.2, 0) is 0 Å². The molecule has 118 valence electrons. The highest BCUT2D eigenvalue weighted by atomic mass is 35.5. The lowest BCUT2D eigenvalue weighted by molar-refractivity contribution is 0.589. The number of anilines is 1. The largest absolute Gasteiger partial charge is 0.369 e. The molecule has 0 atom stereocenters. The number of imidazole rings is 1. The molecular formula is C17H17ClN4O. The summed E-state index contributed by atoms with van der Waals surface area (Å²) in [5.41, 5.74) is 3.43. The van der Waals surface area contributed by atoms with Gasteiger partial charge in [0.2, 0.25) is 0 Å². The normalized spacial score (nSPS) is 15.3. The Balaban J connectivity index is 1.75. The summed E-state index contributed by atoms with van der Waals surface area (Å²) in [6.45, 7) is 4.01. The van der Waals surface area contributed by atoms with Crippen molar-refractivity contribution in [2.45, 2.75) is 0 Å². The van der Waals surface area contributed by atoms with Gasteiger partial charge in [-0.05, 0) is 42.5 Å². The zero-order valence-electron chi connectivity index (χ0n) is 12.6. The summed E-state index contributed by atoms with van der Waals surface area (Å²) < 4.78 is 1.66. The molecule has 2 aromatic carbocycles. The average molecular weight is 329 g/mol. The summed E-state index contributed by atoms with van der Waals surface area (Å²) in [5, 5.41) is 3.96. The predicted octanol–water partition coefficient (Wildman–Crippen LogP) is 2.38. The van der Waals surface area contributed by atoms with Gasteiger partial charge in [0.05, 0.1) is 16.7 Å². The Bertz CT molecular complexity index is 891. The minimum atomic E-state index is -0.155. The second kappa shape index (κ2) is 5.76. The molecule has 6 heteroatoms. The van der Waals surface area contributed by atoms with Crippen molar-refractivity contribution >= 4 is 28.3 Å².